The van der Waals surface area contributed by atoms with E-state index in [1.54, 1.807) is 0 Å². The van der Waals surface area contributed by atoms with Crippen LogP contribution in [0.4, 0.5) is 0 Å². The summed E-state index contributed by atoms with van der Waals surface area (Å²) in [4.78, 5) is 0. The van der Waals surface area contributed by atoms with Crippen LogP contribution in [-0.4, -0.2) is 0 Å². The molecule has 3 heteroatoms. The van der Waals surface area contributed by atoms with Gasteiger partial charge >= 0.3 is 26.2 Å². The Hall–Kier alpha value is -0.747. The molecule has 0 bridgehead atoms. The Labute approximate surface area is 203 Å². The second kappa shape index (κ2) is 14.3. The van der Waals surface area contributed by atoms with E-state index in [9.17, 15) is 0 Å². The van der Waals surface area contributed by atoms with Gasteiger partial charge in [0.15, 0.2) is 0 Å². The SMILES string of the molecule is CC(C)(C)c1cc[cH-]c1.C[CH-]C.[Cl-].[Cl-].[Zr+2].[c-]1cccc2c1Cc1ccccc1-2. The Morgan fingerprint density at radius 1 is 0.929 bits per heavy atom. The zero-order valence-corrected chi connectivity index (χ0v) is 21.4. The van der Waals surface area contributed by atoms with E-state index in [-0.39, 0.29) is 51.0 Å². The smallest absolute Gasteiger partial charge is 1.00 e. The molecule has 3 aromatic carbocycles. The molecule has 0 spiro atoms. The quantitative estimate of drug-likeness (QED) is 0.322. The van der Waals surface area contributed by atoms with Crippen LogP contribution in [0, 0.1) is 12.5 Å². The van der Waals surface area contributed by atoms with E-state index in [1.165, 1.54) is 27.8 Å². The fourth-order valence-electron chi connectivity index (χ4n) is 2.87. The molecule has 28 heavy (non-hydrogen) atoms. The Balaban J connectivity index is 0. The first-order valence-corrected chi connectivity index (χ1v) is 9.01. The number of halogens is 2. The monoisotopic (exact) mass is 489 g/mol. The van der Waals surface area contributed by atoms with Gasteiger partial charge in [0.05, 0.1) is 0 Å². The summed E-state index contributed by atoms with van der Waals surface area (Å²) >= 11 is 0. The first-order chi connectivity index (χ1) is 12.0. The summed E-state index contributed by atoms with van der Waals surface area (Å²) in [6.45, 7) is 10.7. The molecule has 3 aromatic rings. The van der Waals surface area contributed by atoms with Gasteiger partial charge in [0.25, 0.3) is 0 Å². The third-order valence-electron chi connectivity index (χ3n) is 4.15. The third kappa shape index (κ3) is 8.32. The maximum Gasteiger partial charge on any atom is 2.00 e. The number of benzene rings is 2. The van der Waals surface area contributed by atoms with Crippen LogP contribution in [0.5, 0.6) is 0 Å². The predicted octanol–water partition coefficient (Wildman–Crippen LogP) is 0.997. The van der Waals surface area contributed by atoms with Crippen molar-refractivity contribution in [3.8, 4) is 11.1 Å². The van der Waals surface area contributed by atoms with E-state index in [0.717, 1.165) is 6.42 Å². The first kappa shape index (κ1) is 29.5. The van der Waals surface area contributed by atoms with Crippen molar-refractivity contribution in [2.45, 2.75) is 46.5 Å². The standard InChI is InChI=1S/C13H9.C9H13.C3H7.2ClH.Zr/c1-3-7-12-10(5-1)9-11-6-2-4-8-13(11)12;1-9(2,3)8-6-4-5-7-8;1-3-2;;;/h1-5,7-8H,9H2;4-7H,1-3H3;3H,1-2H3;2*1H;/q3*-1;;;+2/p-2. The first-order valence-electron chi connectivity index (χ1n) is 9.01. The van der Waals surface area contributed by atoms with E-state index < -0.39 is 0 Å². The molecular weight excluding hydrogens is 462 g/mol. The molecule has 1 aliphatic carbocycles. The average molecular weight is 492 g/mol. The molecule has 0 nitrogen and oxygen atoms in total. The van der Waals surface area contributed by atoms with Crippen molar-refractivity contribution >= 4 is 0 Å². The van der Waals surface area contributed by atoms with Crippen molar-refractivity contribution in [3.63, 3.8) is 0 Å². The van der Waals surface area contributed by atoms with E-state index in [0.29, 0.717) is 5.41 Å². The van der Waals surface area contributed by atoms with Gasteiger partial charge in [-0.15, -0.1) is 5.56 Å². The zero-order chi connectivity index (χ0) is 18.3. The van der Waals surface area contributed by atoms with Crippen LogP contribution in [0.1, 0.15) is 51.3 Å². The molecule has 0 saturated heterocycles. The zero-order valence-electron chi connectivity index (χ0n) is 17.4. The predicted molar refractivity (Wildman–Crippen MR) is 110 cm³/mol. The Morgan fingerprint density at radius 3 is 2.07 bits per heavy atom. The molecule has 0 saturated carbocycles. The topological polar surface area (TPSA) is 0 Å². The molecule has 0 atom stereocenters. The maximum absolute atomic E-state index is 3.30. The molecule has 150 valence electrons. The number of fused-ring (bicyclic) bond motifs is 3. The minimum absolute atomic E-state index is 0. The molecule has 1 aliphatic rings. The van der Waals surface area contributed by atoms with Crippen molar-refractivity contribution in [3.05, 3.63) is 95.9 Å². The van der Waals surface area contributed by atoms with Crippen molar-refractivity contribution in [2.24, 2.45) is 0 Å². The van der Waals surface area contributed by atoms with Crippen LogP contribution in [0.25, 0.3) is 11.1 Å². The summed E-state index contributed by atoms with van der Waals surface area (Å²) in [7, 11) is 0. The van der Waals surface area contributed by atoms with Crippen LogP contribution in [-0.2, 0) is 38.0 Å². The normalized spacial score (nSPS) is 10.2. The van der Waals surface area contributed by atoms with Crippen LogP contribution in [0.15, 0.2) is 66.7 Å². The van der Waals surface area contributed by atoms with Crippen molar-refractivity contribution < 1.29 is 51.0 Å². The van der Waals surface area contributed by atoms with Crippen molar-refractivity contribution in [1.29, 1.82) is 0 Å². The van der Waals surface area contributed by atoms with E-state index >= 15 is 0 Å². The molecule has 0 fully saturated rings. The van der Waals surface area contributed by atoms with Crippen LogP contribution in [0.3, 0.4) is 0 Å². The van der Waals surface area contributed by atoms with Crippen LogP contribution >= 0.6 is 0 Å². The average Bonchev–Trinajstić information content (AvgIpc) is 3.24. The molecule has 0 aliphatic heterocycles. The summed E-state index contributed by atoms with van der Waals surface area (Å²) in [5.41, 5.74) is 7.25. The number of hydrogen-bond donors (Lipinski definition) is 0. The van der Waals surface area contributed by atoms with Gasteiger partial charge in [-0.3, -0.25) is 0 Å². The molecule has 0 heterocycles. The van der Waals surface area contributed by atoms with Gasteiger partial charge in [0.1, 0.15) is 0 Å². The summed E-state index contributed by atoms with van der Waals surface area (Å²) in [5.74, 6) is 0. The molecule has 0 aromatic heterocycles. The van der Waals surface area contributed by atoms with Gasteiger partial charge < -0.3 is 31.2 Å². The van der Waals surface area contributed by atoms with Gasteiger partial charge in [0.2, 0.25) is 0 Å². The van der Waals surface area contributed by atoms with Crippen LogP contribution in [0.2, 0.25) is 0 Å². The van der Waals surface area contributed by atoms with E-state index in [4.69, 9.17) is 0 Å². The molecular formula is C25H29Cl2Zr-3. The largest absolute Gasteiger partial charge is 2.00 e. The summed E-state index contributed by atoms with van der Waals surface area (Å²) < 4.78 is 0. The molecule has 0 radical (unpaired) electrons. The number of hydrogen-bond acceptors (Lipinski definition) is 0. The summed E-state index contributed by atoms with van der Waals surface area (Å²) in [6, 6.07) is 26.6. The Morgan fingerprint density at radius 2 is 1.54 bits per heavy atom. The van der Waals surface area contributed by atoms with Crippen molar-refractivity contribution in [1.82, 2.24) is 0 Å². The fourth-order valence-corrected chi connectivity index (χ4v) is 2.87. The molecule has 0 amide bonds. The third-order valence-corrected chi connectivity index (χ3v) is 4.15. The molecule has 4 rings (SSSR count). The second-order valence-corrected chi connectivity index (χ2v) is 7.40. The van der Waals surface area contributed by atoms with Gasteiger partial charge in [-0.2, -0.15) is 67.4 Å². The van der Waals surface area contributed by atoms with Gasteiger partial charge in [-0.1, -0.05) is 61.6 Å². The Kier molecular flexibility index (Phi) is 15.0. The second-order valence-electron chi connectivity index (χ2n) is 7.40. The summed E-state index contributed by atoms with van der Waals surface area (Å²) in [6.07, 6.45) is 3.05. The van der Waals surface area contributed by atoms with Gasteiger partial charge in [0, 0.05) is 0 Å². The maximum atomic E-state index is 3.30. The van der Waals surface area contributed by atoms with Gasteiger partial charge in [-0.25, -0.2) is 6.07 Å². The fraction of sp³-hybridized carbons (Fsp3) is 0.280. The molecule has 0 N–H and O–H groups in total. The Bertz CT molecular complexity index is 728. The molecule has 0 unspecified atom stereocenters. The van der Waals surface area contributed by atoms with Crippen molar-refractivity contribution in [2.75, 3.05) is 0 Å². The van der Waals surface area contributed by atoms with Crippen LogP contribution < -0.4 is 24.8 Å². The van der Waals surface area contributed by atoms with E-state index in [2.05, 4.69) is 87.5 Å². The van der Waals surface area contributed by atoms with E-state index in [1.807, 2.05) is 26.3 Å². The number of rotatable bonds is 0. The summed E-state index contributed by atoms with van der Waals surface area (Å²) in [5, 5.41) is 0. The minimum atomic E-state index is 0. The minimum Gasteiger partial charge on any atom is -1.00 e. The van der Waals surface area contributed by atoms with Gasteiger partial charge in [-0.05, 0) is 6.42 Å².